The number of carbonyl (C=O) groups excluding carboxylic acids is 2. The van der Waals surface area contributed by atoms with E-state index < -0.39 is 0 Å². The second-order valence-electron chi connectivity index (χ2n) is 5.03. The summed E-state index contributed by atoms with van der Waals surface area (Å²) in [7, 11) is 1.77. The average Bonchev–Trinajstić information content (AvgIpc) is 2.79. The summed E-state index contributed by atoms with van der Waals surface area (Å²) in [4.78, 5) is 29.9. The van der Waals surface area contributed by atoms with Gasteiger partial charge in [-0.15, -0.1) is 13.2 Å². The Labute approximate surface area is 114 Å². The number of amides is 3. The highest BCUT2D eigenvalue weighted by atomic mass is 16.2. The standard InChI is InChI=1S/C14H21N3O2/c1-5-8-16-11-10(7-3)13(18)15(4)12(11)17(9-6-2)14(16)19/h5-6,10-12H,1-2,7-9H2,3-4H3/t10-,11?,12?/m0/s1. The van der Waals surface area contributed by atoms with Crippen LogP contribution >= 0.6 is 0 Å². The number of likely N-dealkylation sites (N-methyl/N-ethyl adjacent to an activating group) is 1. The normalized spacial score (nSPS) is 30.0. The Kier molecular flexibility index (Phi) is 3.64. The first-order chi connectivity index (χ1) is 9.08. The van der Waals surface area contributed by atoms with E-state index in [0.29, 0.717) is 13.1 Å². The van der Waals surface area contributed by atoms with E-state index in [9.17, 15) is 9.59 Å². The molecule has 5 heteroatoms. The van der Waals surface area contributed by atoms with Crippen LogP contribution in [0.25, 0.3) is 0 Å². The van der Waals surface area contributed by atoms with Gasteiger partial charge in [-0.25, -0.2) is 4.79 Å². The summed E-state index contributed by atoms with van der Waals surface area (Å²) in [6.07, 6.45) is 3.97. The van der Waals surface area contributed by atoms with Crippen molar-refractivity contribution >= 4 is 11.9 Å². The number of hydrogen-bond donors (Lipinski definition) is 0. The van der Waals surface area contributed by atoms with E-state index in [1.165, 1.54) is 0 Å². The predicted octanol–water partition coefficient (Wildman–Crippen LogP) is 1.29. The Morgan fingerprint density at radius 1 is 1.16 bits per heavy atom. The Hall–Kier alpha value is -1.78. The van der Waals surface area contributed by atoms with Crippen molar-refractivity contribution in [3.63, 3.8) is 0 Å². The van der Waals surface area contributed by atoms with Crippen molar-refractivity contribution in [2.24, 2.45) is 5.92 Å². The number of carbonyl (C=O) groups is 2. The number of fused-ring (bicyclic) bond motifs is 1. The topological polar surface area (TPSA) is 43.9 Å². The van der Waals surface area contributed by atoms with Gasteiger partial charge in [-0.05, 0) is 6.42 Å². The van der Waals surface area contributed by atoms with Crippen molar-refractivity contribution in [3.05, 3.63) is 25.3 Å². The van der Waals surface area contributed by atoms with Gasteiger partial charge in [0, 0.05) is 20.1 Å². The molecule has 0 N–H and O–H groups in total. The van der Waals surface area contributed by atoms with Gasteiger partial charge in [-0.1, -0.05) is 19.1 Å². The molecule has 2 rings (SSSR count). The van der Waals surface area contributed by atoms with Gasteiger partial charge >= 0.3 is 6.03 Å². The Balaban J connectivity index is 2.39. The van der Waals surface area contributed by atoms with Gasteiger partial charge < -0.3 is 9.80 Å². The lowest BCUT2D eigenvalue weighted by atomic mass is 9.98. The molecule has 5 nitrogen and oxygen atoms in total. The highest BCUT2D eigenvalue weighted by Crippen LogP contribution is 2.38. The molecular formula is C14H21N3O2. The van der Waals surface area contributed by atoms with Crippen LogP contribution in [0.1, 0.15) is 13.3 Å². The molecule has 0 aromatic carbocycles. The molecule has 2 unspecified atom stereocenters. The fourth-order valence-corrected chi connectivity index (χ4v) is 3.23. The van der Waals surface area contributed by atoms with Gasteiger partial charge in [-0.2, -0.15) is 0 Å². The number of hydrogen-bond acceptors (Lipinski definition) is 2. The molecule has 104 valence electrons. The van der Waals surface area contributed by atoms with E-state index in [1.54, 1.807) is 33.9 Å². The van der Waals surface area contributed by atoms with E-state index in [-0.39, 0.29) is 30.1 Å². The second-order valence-corrected chi connectivity index (χ2v) is 5.03. The molecule has 2 aliphatic rings. The van der Waals surface area contributed by atoms with Crippen molar-refractivity contribution in [1.82, 2.24) is 14.7 Å². The Morgan fingerprint density at radius 2 is 1.74 bits per heavy atom. The maximum absolute atomic E-state index is 12.4. The summed E-state index contributed by atoms with van der Waals surface area (Å²) in [5, 5.41) is 0. The van der Waals surface area contributed by atoms with Crippen LogP contribution in [0, 0.1) is 5.92 Å². The maximum atomic E-state index is 12.4. The molecule has 2 aliphatic heterocycles. The zero-order valence-corrected chi connectivity index (χ0v) is 11.6. The molecule has 2 fully saturated rings. The van der Waals surface area contributed by atoms with E-state index in [1.807, 2.05) is 6.92 Å². The second kappa shape index (κ2) is 5.07. The molecule has 0 aromatic rings. The van der Waals surface area contributed by atoms with Gasteiger partial charge in [0.15, 0.2) is 0 Å². The SMILES string of the molecule is C=CCN1C(=O)N(CC=C)C2C1[C@H](CC)C(=O)N2C. The lowest BCUT2D eigenvalue weighted by molar-refractivity contribution is -0.132. The fourth-order valence-electron chi connectivity index (χ4n) is 3.23. The third-order valence-corrected chi connectivity index (χ3v) is 4.04. The first kappa shape index (κ1) is 13.6. The number of likely N-dealkylation sites (tertiary alicyclic amines) is 1. The van der Waals surface area contributed by atoms with E-state index in [2.05, 4.69) is 13.2 Å². The summed E-state index contributed by atoms with van der Waals surface area (Å²) < 4.78 is 0. The minimum atomic E-state index is -0.178. The van der Waals surface area contributed by atoms with E-state index in [4.69, 9.17) is 0 Å². The van der Waals surface area contributed by atoms with Crippen molar-refractivity contribution in [2.45, 2.75) is 25.6 Å². The van der Waals surface area contributed by atoms with Crippen molar-refractivity contribution in [3.8, 4) is 0 Å². The van der Waals surface area contributed by atoms with Crippen LogP contribution in [0.2, 0.25) is 0 Å². The van der Waals surface area contributed by atoms with Crippen LogP contribution < -0.4 is 0 Å². The van der Waals surface area contributed by atoms with Gasteiger partial charge in [0.1, 0.15) is 6.17 Å². The van der Waals surface area contributed by atoms with Crippen molar-refractivity contribution < 1.29 is 9.59 Å². The molecule has 0 radical (unpaired) electrons. The van der Waals surface area contributed by atoms with Crippen molar-refractivity contribution in [1.29, 1.82) is 0 Å². The lowest BCUT2D eigenvalue weighted by Crippen LogP contribution is -2.44. The molecular weight excluding hydrogens is 242 g/mol. The first-order valence-corrected chi connectivity index (χ1v) is 6.64. The summed E-state index contributed by atoms with van der Waals surface area (Å²) in [5.74, 6) is 0.00170. The van der Waals surface area contributed by atoms with Crippen LogP contribution in [0.3, 0.4) is 0 Å². The number of urea groups is 1. The quantitative estimate of drug-likeness (QED) is 0.702. The molecule has 2 heterocycles. The van der Waals surface area contributed by atoms with Gasteiger partial charge in [0.25, 0.3) is 0 Å². The van der Waals surface area contributed by atoms with E-state index in [0.717, 1.165) is 6.42 Å². The van der Waals surface area contributed by atoms with E-state index >= 15 is 0 Å². The van der Waals surface area contributed by atoms with Crippen LogP contribution in [0.5, 0.6) is 0 Å². The summed E-state index contributed by atoms with van der Waals surface area (Å²) in [6, 6.07) is -0.111. The third-order valence-electron chi connectivity index (χ3n) is 4.04. The van der Waals surface area contributed by atoms with Gasteiger partial charge in [0.05, 0.1) is 12.0 Å². The lowest BCUT2D eigenvalue weighted by Gasteiger charge is -2.26. The van der Waals surface area contributed by atoms with Crippen LogP contribution in [-0.2, 0) is 4.79 Å². The zero-order valence-electron chi connectivity index (χ0n) is 11.6. The Morgan fingerprint density at radius 3 is 2.26 bits per heavy atom. The summed E-state index contributed by atoms with van der Waals surface area (Å²) in [6.45, 7) is 10.3. The molecule has 3 atom stereocenters. The van der Waals surface area contributed by atoms with Crippen molar-refractivity contribution in [2.75, 3.05) is 20.1 Å². The predicted molar refractivity (Wildman–Crippen MR) is 73.3 cm³/mol. The molecule has 19 heavy (non-hydrogen) atoms. The average molecular weight is 263 g/mol. The van der Waals surface area contributed by atoms with Crippen LogP contribution in [0.15, 0.2) is 25.3 Å². The fraction of sp³-hybridized carbons (Fsp3) is 0.571. The monoisotopic (exact) mass is 263 g/mol. The molecule has 3 amide bonds. The molecule has 0 saturated carbocycles. The smallest absolute Gasteiger partial charge is 0.322 e. The number of rotatable bonds is 5. The number of nitrogens with zero attached hydrogens (tertiary/aromatic N) is 3. The van der Waals surface area contributed by atoms with Gasteiger partial charge in [0.2, 0.25) is 5.91 Å². The van der Waals surface area contributed by atoms with Crippen LogP contribution in [0.4, 0.5) is 4.79 Å². The minimum Gasteiger partial charge on any atom is -0.323 e. The van der Waals surface area contributed by atoms with Crippen LogP contribution in [-0.4, -0.2) is 59.0 Å². The molecule has 0 bridgehead atoms. The Bertz CT molecular complexity index is 421. The molecule has 0 aromatic heterocycles. The van der Waals surface area contributed by atoms with Gasteiger partial charge in [-0.3, -0.25) is 9.69 Å². The highest BCUT2D eigenvalue weighted by molar-refractivity contribution is 5.88. The summed E-state index contributed by atoms with van der Waals surface area (Å²) in [5.41, 5.74) is 0. The first-order valence-electron chi connectivity index (χ1n) is 6.64. The zero-order chi connectivity index (χ0) is 14.2. The minimum absolute atomic E-state index is 0.0346. The highest BCUT2D eigenvalue weighted by Gasteiger charge is 2.57. The molecule has 0 aliphatic carbocycles. The largest absolute Gasteiger partial charge is 0.323 e. The maximum Gasteiger partial charge on any atom is 0.322 e. The third kappa shape index (κ3) is 1.84. The molecule has 2 saturated heterocycles. The molecule has 0 spiro atoms. The summed E-state index contributed by atoms with van der Waals surface area (Å²) >= 11 is 0.